The summed E-state index contributed by atoms with van der Waals surface area (Å²) in [5.41, 5.74) is 4.83. The number of carboxylic acids is 1. The van der Waals surface area contributed by atoms with Crippen molar-refractivity contribution in [1.29, 1.82) is 0 Å². The van der Waals surface area contributed by atoms with Crippen LogP contribution in [0.3, 0.4) is 0 Å². The minimum Gasteiger partial charge on any atom is -0.487 e. The normalized spacial score (nSPS) is 11.1. The Kier molecular flexibility index (Phi) is 7.50. The van der Waals surface area contributed by atoms with Gasteiger partial charge in [-0.1, -0.05) is 28.1 Å². The monoisotopic (exact) mass is 648 g/mol. The highest BCUT2D eigenvalue weighted by molar-refractivity contribution is 9.11. The first-order valence-electron chi connectivity index (χ1n) is 9.77. The van der Waals surface area contributed by atoms with E-state index in [1.807, 2.05) is 12.1 Å². The number of aromatic carboxylic acids is 1. The van der Waals surface area contributed by atoms with Gasteiger partial charge < -0.3 is 14.3 Å². The first-order valence-corrected chi connectivity index (χ1v) is 12.1. The van der Waals surface area contributed by atoms with Gasteiger partial charge in [0.05, 0.1) is 20.7 Å². The van der Waals surface area contributed by atoms with Crippen molar-refractivity contribution in [2.75, 3.05) is 0 Å². The fraction of sp³-hybridized carbons (Fsp3) is 0.0417. The summed E-state index contributed by atoms with van der Waals surface area (Å²) in [7, 11) is 0. The van der Waals surface area contributed by atoms with Gasteiger partial charge in [0.25, 0.3) is 0 Å². The summed E-state index contributed by atoms with van der Waals surface area (Å²) in [5, 5.41) is 13.8. The van der Waals surface area contributed by atoms with Crippen LogP contribution in [0.1, 0.15) is 32.0 Å². The number of nitrogens with one attached hydrogen (secondary N) is 1. The Balaban J connectivity index is 1.39. The lowest BCUT2D eigenvalue weighted by atomic mass is 10.1. The Bertz CT molecular complexity index is 1390. The Morgan fingerprint density at radius 3 is 2.38 bits per heavy atom. The van der Waals surface area contributed by atoms with Crippen LogP contribution >= 0.6 is 47.8 Å². The van der Waals surface area contributed by atoms with E-state index in [2.05, 4.69) is 58.3 Å². The molecule has 34 heavy (non-hydrogen) atoms. The summed E-state index contributed by atoms with van der Waals surface area (Å²) >= 11 is 10.4. The van der Waals surface area contributed by atoms with Gasteiger partial charge in [-0.15, -0.1) is 0 Å². The van der Waals surface area contributed by atoms with Crippen LogP contribution in [-0.4, -0.2) is 23.2 Å². The van der Waals surface area contributed by atoms with Gasteiger partial charge in [0, 0.05) is 9.86 Å². The molecule has 0 radical (unpaired) electrons. The lowest BCUT2D eigenvalue weighted by Gasteiger charge is -2.11. The highest BCUT2D eigenvalue weighted by Crippen LogP contribution is 2.35. The average molecular weight is 651 g/mol. The van der Waals surface area contributed by atoms with Gasteiger partial charge in [0.2, 0.25) is 0 Å². The number of carbonyl (C=O) groups excluding carboxylic acids is 1. The van der Waals surface area contributed by atoms with Crippen molar-refractivity contribution in [2.24, 2.45) is 5.10 Å². The van der Waals surface area contributed by atoms with Crippen LogP contribution in [0.4, 0.5) is 0 Å². The smallest absolute Gasteiger partial charge is 0.335 e. The fourth-order valence-corrected chi connectivity index (χ4v) is 4.87. The lowest BCUT2D eigenvalue weighted by Crippen LogP contribution is -2.16. The third kappa shape index (κ3) is 5.75. The number of amides is 1. The van der Waals surface area contributed by atoms with E-state index < -0.39 is 11.9 Å². The quantitative estimate of drug-likeness (QED) is 0.170. The molecule has 0 aliphatic rings. The van der Waals surface area contributed by atoms with Crippen LogP contribution in [0.25, 0.3) is 11.0 Å². The number of carbonyl (C=O) groups is 2. The number of halogens is 3. The molecule has 2 N–H and O–H groups in total. The predicted octanol–water partition coefficient (Wildman–Crippen LogP) is 6.76. The van der Waals surface area contributed by atoms with Crippen LogP contribution in [0.15, 0.2) is 83.6 Å². The van der Waals surface area contributed by atoms with Gasteiger partial charge in [0.1, 0.15) is 17.9 Å². The number of nitrogens with zero attached hydrogens (tertiary/aromatic N) is 1. The molecular weight excluding hydrogens is 636 g/mol. The van der Waals surface area contributed by atoms with Gasteiger partial charge in [-0.2, -0.15) is 5.10 Å². The van der Waals surface area contributed by atoms with E-state index in [0.29, 0.717) is 25.8 Å². The lowest BCUT2D eigenvalue weighted by molar-refractivity contribution is 0.0696. The number of hydrazone groups is 1. The second-order valence-corrected chi connectivity index (χ2v) is 9.72. The third-order valence-electron chi connectivity index (χ3n) is 4.69. The molecule has 0 aliphatic heterocycles. The van der Waals surface area contributed by atoms with E-state index in [-0.39, 0.29) is 17.9 Å². The topological polar surface area (TPSA) is 101 Å². The van der Waals surface area contributed by atoms with Crippen LogP contribution in [0.2, 0.25) is 0 Å². The molecule has 4 rings (SSSR count). The molecule has 172 valence electrons. The standard InChI is InChI=1S/C24H15Br3N2O5/c25-17-5-6-20-16(9-17)10-21(34-20)23(30)29-28-11-14-7-18(26)22(19(27)8-14)33-12-13-1-3-15(4-2-13)24(31)32/h1-11H,12H2,(H,29,30)(H,31,32)/b28-11+. The zero-order valence-corrected chi connectivity index (χ0v) is 22.0. The number of hydrogen-bond donors (Lipinski definition) is 2. The van der Waals surface area contributed by atoms with Crippen LogP contribution in [0, 0.1) is 0 Å². The molecule has 0 unspecified atom stereocenters. The van der Waals surface area contributed by atoms with E-state index in [1.54, 1.807) is 36.4 Å². The molecular formula is C24H15Br3N2O5. The highest BCUT2D eigenvalue weighted by atomic mass is 79.9. The molecule has 1 aromatic heterocycles. The van der Waals surface area contributed by atoms with E-state index in [1.165, 1.54) is 18.3 Å². The zero-order chi connectivity index (χ0) is 24.2. The van der Waals surface area contributed by atoms with Crippen molar-refractivity contribution in [3.63, 3.8) is 0 Å². The van der Waals surface area contributed by atoms with Crippen molar-refractivity contribution in [3.05, 3.63) is 96.5 Å². The molecule has 1 heterocycles. The maximum Gasteiger partial charge on any atom is 0.335 e. The predicted molar refractivity (Wildman–Crippen MR) is 139 cm³/mol. The van der Waals surface area contributed by atoms with Gasteiger partial charge in [-0.3, -0.25) is 4.79 Å². The minimum atomic E-state index is -0.975. The Morgan fingerprint density at radius 2 is 1.71 bits per heavy atom. The number of benzene rings is 3. The fourth-order valence-electron chi connectivity index (χ4n) is 3.04. The summed E-state index contributed by atoms with van der Waals surface area (Å²) in [4.78, 5) is 23.3. The maximum absolute atomic E-state index is 12.4. The number of hydrogen-bond acceptors (Lipinski definition) is 5. The third-order valence-corrected chi connectivity index (χ3v) is 6.36. The van der Waals surface area contributed by atoms with Crippen LogP contribution < -0.4 is 10.2 Å². The molecule has 1 amide bonds. The number of furan rings is 1. The van der Waals surface area contributed by atoms with Crippen molar-refractivity contribution in [1.82, 2.24) is 5.43 Å². The number of ether oxygens (including phenoxy) is 1. The minimum absolute atomic E-state index is 0.160. The van der Waals surface area contributed by atoms with Crippen molar-refractivity contribution in [3.8, 4) is 5.75 Å². The van der Waals surface area contributed by atoms with Gasteiger partial charge in [0.15, 0.2) is 5.76 Å². The molecule has 0 fully saturated rings. The SMILES string of the molecule is O=C(O)c1ccc(COc2c(Br)cc(/C=N/NC(=O)c3cc4cc(Br)ccc4o3)cc2Br)cc1. The molecule has 0 saturated carbocycles. The van der Waals surface area contributed by atoms with E-state index in [4.69, 9.17) is 14.3 Å². The molecule has 4 aromatic rings. The molecule has 0 atom stereocenters. The van der Waals surface area contributed by atoms with Crippen molar-refractivity contribution in [2.45, 2.75) is 6.61 Å². The molecule has 0 spiro atoms. The molecule has 7 nitrogen and oxygen atoms in total. The summed E-state index contributed by atoms with van der Waals surface area (Å²) in [6.45, 7) is 0.259. The Labute approximate surface area is 219 Å². The molecule has 10 heteroatoms. The van der Waals surface area contributed by atoms with Crippen molar-refractivity contribution >= 4 is 76.9 Å². The number of rotatable bonds is 7. The molecule has 0 bridgehead atoms. The van der Waals surface area contributed by atoms with Crippen LogP contribution in [-0.2, 0) is 6.61 Å². The van der Waals surface area contributed by atoms with Crippen LogP contribution in [0.5, 0.6) is 5.75 Å². The number of carboxylic acid groups (broad SMARTS) is 1. The Hall–Kier alpha value is -2.95. The summed E-state index contributed by atoms with van der Waals surface area (Å²) in [6, 6.07) is 17.2. The summed E-state index contributed by atoms with van der Waals surface area (Å²) < 4.78 is 13.7. The van der Waals surface area contributed by atoms with E-state index in [9.17, 15) is 9.59 Å². The first kappa shape index (κ1) is 24.2. The molecule has 0 saturated heterocycles. The highest BCUT2D eigenvalue weighted by Gasteiger charge is 2.13. The largest absolute Gasteiger partial charge is 0.487 e. The zero-order valence-electron chi connectivity index (χ0n) is 17.2. The van der Waals surface area contributed by atoms with Gasteiger partial charge in [-0.25, -0.2) is 10.2 Å². The van der Waals surface area contributed by atoms with Crippen molar-refractivity contribution < 1.29 is 23.8 Å². The van der Waals surface area contributed by atoms with Gasteiger partial charge in [-0.05, 0) is 91.5 Å². The summed E-state index contributed by atoms with van der Waals surface area (Å²) in [6.07, 6.45) is 1.50. The first-order chi connectivity index (χ1) is 16.3. The second kappa shape index (κ2) is 10.5. The van der Waals surface area contributed by atoms with E-state index in [0.717, 1.165) is 15.4 Å². The average Bonchev–Trinajstić information content (AvgIpc) is 3.22. The molecule has 3 aromatic carbocycles. The summed E-state index contributed by atoms with van der Waals surface area (Å²) in [5.74, 6) is -0.697. The van der Waals surface area contributed by atoms with Gasteiger partial charge >= 0.3 is 11.9 Å². The Morgan fingerprint density at radius 1 is 1.00 bits per heavy atom. The second-order valence-electron chi connectivity index (χ2n) is 7.10. The van der Waals surface area contributed by atoms with E-state index >= 15 is 0 Å². The molecule has 0 aliphatic carbocycles. The number of fused-ring (bicyclic) bond motifs is 1. The maximum atomic E-state index is 12.4.